The molecule has 3 amide bonds. The van der Waals surface area contributed by atoms with Crippen LogP contribution in [0.3, 0.4) is 0 Å². The Kier molecular flexibility index (Phi) is 12.2. The fourth-order valence-electron chi connectivity index (χ4n) is 2.84. The first-order valence-electron chi connectivity index (χ1n) is 10.3. The van der Waals surface area contributed by atoms with E-state index in [0.29, 0.717) is 19.3 Å². The normalized spacial score (nSPS) is 16.3. The Morgan fingerprint density at radius 1 is 0.828 bits per heavy atom. The fourth-order valence-corrected chi connectivity index (χ4v) is 2.84. The number of carbonyl (C=O) groups excluding carboxylic acids is 3. The molecular weight excluding hydrogens is 376 g/mol. The van der Waals surface area contributed by atoms with E-state index in [1.807, 2.05) is 27.7 Å². The third kappa shape index (κ3) is 9.25. The van der Waals surface area contributed by atoms with Gasteiger partial charge in [-0.3, -0.25) is 14.4 Å². The maximum Gasteiger partial charge on any atom is 0.326 e. The Morgan fingerprint density at radius 2 is 1.31 bits per heavy atom. The number of carbonyl (C=O) groups is 4. The number of hydrogen-bond acceptors (Lipinski definition) is 5. The van der Waals surface area contributed by atoms with E-state index in [4.69, 9.17) is 5.73 Å². The van der Waals surface area contributed by atoms with Gasteiger partial charge in [0.1, 0.15) is 18.1 Å². The number of carboxylic acids is 1. The van der Waals surface area contributed by atoms with Gasteiger partial charge in [0.25, 0.3) is 0 Å². The Morgan fingerprint density at radius 3 is 1.72 bits per heavy atom. The highest BCUT2D eigenvalue weighted by atomic mass is 16.4. The molecule has 0 heterocycles. The molecule has 0 bridgehead atoms. The minimum absolute atomic E-state index is 0.126. The minimum Gasteiger partial charge on any atom is -0.480 e. The summed E-state index contributed by atoms with van der Waals surface area (Å²) in [5.74, 6) is -2.97. The second-order valence-electron chi connectivity index (χ2n) is 8.04. The summed E-state index contributed by atoms with van der Waals surface area (Å²) in [5.41, 5.74) is 5.33. The van der Waals surface area contributed by atoms with Crippen molar-refractivity contribution in [1.82, 2.24) is 16.0 Å². The van der Waals surface area contributed by atoms with Gasteiger partial charge in [-0.1, -0.05) is 54.4 Å². The van der Waals surface area contributed by atoms with Gasteiger partial charge in [-0.2, -0.15) is 0 Å². The molecular formula is C20H38N4O5. The van der Waals surface area contributed by atoms with Crippen LogP contribution in [0.2, 0.25) is 0 Å². The molecule has 9 heteroatoms. The van der Waals surface area contributed by atoms with E-state index in [1.165, 1.54) is 0 Å². The molecule has 0 fully saturated rings. The van der Waals surface area contributed by atoms with Gasteiger partial charge < -0.3 is 26.8 Å². The van der Waals surface area contributed by atoms with Gasteiger partial charge in [0.05, 0.1) is 6.54 Å². The smallest absolute Gasteiger partial charge is 0.326 e. The van der Waals surface area contributed by atoms with E-state index in [0.717, 1.165) is 0 Å². The van der Waals surface area contributed by atoms with Crippen LogP contribution in [0.15, 0.2) is 0 Å². The zero-order valence-corrected chi connectivity index (χ0v) is 18.5. The van der Waals surface area contributed by atoms with E-state index >= 15 is 0 Å². The lowest BCUT2D eigenvalue weighted by molar-refractivity contribution is -0.144. The SMILES string of the molecule is CCC(C)C(NC(=O)C(NC(=O)C(CC(C)C)NC(=O)CN)C(C)CC)C(=O)O. The second kappa shape index (κ2) is 13.1. The molecule has 0 aromatic heterocycles. The van der Waals surface area contributed by atoms with Crippen LogP contribution in [0, 0.1) is 17.8 Å². The third-order valence-electron chi connectivity index (χ3n) is 5.11. The summed E-state index contributed by atoms with van der Waals surface area (Å²) in [6.07, 6.45) is 1.57. The lowest BCUT2D eigenvalue weighted by atomic mass is 9.94. The van der Waals surface area contributed by atoms with Gasteiger partial charge in [-0.15, -0.1) is 0 Å². The second-order valence-corrected chi connectivity index (χ2v) is 8.04. The average molecular weight is 415 g/mol. The molecule has 0 saturated heterocycles. The maximum atomic E-state index is 12.8. The molecule has 0 aromatic rings. The summed E-state index contributed by atoms with van der Waals surface area (Å²) in [6.45, 7) is 10.9. The Hall–Kier alpha value is -2.16. The molecule has 168 valence electrons. The molecule has 0 rings (SSSR count). The topological polar surface area (TPSA) is 151 Å². The molecule has 9 nitrogen and oxygen atoms in total. The monoisotopic (exact) mass is 414 g/mol. The predicted octanol–water partition coefficient (Wildman–Crippen LogP) is 0.622. The van der Waals surface area contributed by atoms with Gasteiger partial charge in [-0.25, -0.2) is 4.79 Å². The molecule has 0 saturated carbocycles. The van der Waals surface area contributed by atoms with Gasteiger partial charge in [0.15, 0.2) is 0 Å². The van der Waals surface area contributed by atoms with E-state index in [9.17, 15) is 24.3 Å². The highest BCUT2D eigenvalue weighted by Crippen LogP contribution is 2.13. The quantitative estimate of drug-likeness (QED) is 0.298. The number of amides is 3. The Labute approximate surface area is 173 Å². The van der Waals surface area contributed by atoms with Gasteiger partial charge in [0.2, 0.25) is 17.7 Å². The zero-order chi connectivity index (χ0) is 22.7. The van der Waals surface area contributed by atoms with Crippen molar-refractivity contribution in [2.24, 2.45) is 23.5 Å². The summed E-state index contributed by atoms with van der Waals surface area (Å²) in [5, 5.41) is 17.3. The molecule has 29 heavy (non-hydrogen) atoms. The predicted molar refractivity (Wildman–Crippen MR) is 111 cm³/mol. The van der Waals surface area contributed by atoms with Gasteiger partial charge in [-0.05, 0) is 24.2 Å². The van der Waals surface area contributed by atoms with Crippen LogP contribution >= 0.6 is 0 Å². The van der Waals surface area contributed by atoms with Crippen LogP contribution in [0.5, 0.6) is 0 Å². The largest absolute Gasteiger partial charge is 0.480 e. The van der Waals surface area contributed by atoms with Crippen LogP contribution in [0.4, 0.5) is 0 Å². The fraction of sp³-hybridized carbons (Fsp3) is 0.800. The summed E-state index contributed by atoms with van der Waals surface area (Å²) in [6, 6.07) is -2.78. The van der Waals surface area contributed by atoms with Crippen LogP contribution in [-0.2, 0) is 19.2 Å². The number of rotatable bonds is 13. The van der Waals surface area contributed by atoms with Crippen molar-refractivity contribution >= 4 is 23.7 Å². The Bertz CT molecular complexity index is 567. The van der Waals surface area contributed by atoms with Gasteiger partial charge >= 0.3 is 5.97 Å². The number of aliphatic carboxylic acids is 1. The van der Waals surface area contributed by atoms with Crippen LogP contribution in [0.25, 0.3) is 0 Å². The van der Waals surface area contributed by atoms with Crippen LogP contribution < -0.4 is 21.7 Å². The summed E-state index contributed by atoms with van der Waals surface area (Å²) in [4.78, 5) is 48.9. The van der Waals surface area contributed by atoms with E-state index < -0.39 is 41.8 Å². The molecule has 0 aliphatic rings. The van der Waals surface area contributed by atoms with Crippen LogP contribution in [-0.4, -0.2) is 53.5 Å². The molecule has 5 atom stereocenters. The first kappa shape index (κ1) is 26.8. The van der Waals surface area contributed by atoms with Crippen molar-refractivity contribution in [3.05, 3.63) is 0 Å². The molecule has 0 aromatic carbocycles. The summed E-state index contributed by atoms with van der Waals surface area (Å²) >= 11 is 0. The molecule has 0 aliphatic heterocycles. The molecule has 0 spiro atoms. The summed E-state index contributed by atoms with van der Waals surface area (Å²) < 4.78 is 0. The van der Waals surface area contributed by atoms with Crippen molar-refractivity contribution in [2.75, 3.05) is 6.54 Å². The van der Waals surface area contributed by atoms with E-state index in [2.05, 4.69) is 16.0 Å². The average Bonchev–Trinajstić information content (AvgIpc) is 2.67. The zero-order valence-electron chi connectivity index (χ0n) is 18.5. The highest BCUT2D eigenvalue weighted by Gasteiger charge is 2.33. The maximum absolute atomic E-state index is 12.8. The number of carboxylic acid groups (broad SMARTS) is 1. The molecule has 0 radical (unpaired) electrons. The lowest BCUT2D eigenvalue weighted by Crippen LogP contribution is -2.58. The molecule has 5 unspecified atom stereocenters. The van der Waals surface area contributed by atoms with E-state index in [-0.39, 0.29) is 24.3 Å². The third-order valence-corrected chi connectivity index (χ3v) is 5.11. The lowest BCUT2D eigenvalue weighted by Gasteiger charge is -2.29. The van der Waals surface area contributed by atoms with Gasteiger partial charge in [0, 0.05) is 0 Å². The Balaban J connectivity index is 5.48. The van der Waals surface area contributed by atoms with Crippen molar-refractivity contribution in [1.29, 1.82) is 0 Å². The number of nitrogens with one attached hydrogen (secondary N) is 3. The number of nitrogens with two attached hydrogens (primary N) is 1. The van der Waals surface area contributed by atoms with Crippen molar-refractivity contribution in [3.63, 3.8) is 0 Å². The van der Waals surface area contributed by atoms with Crippen molar-refractivity contribution < 1.29 is 24.3 Å². The van der Waals surface area contributed by atoms with Crippen molar-refractivity contribution in [3.8, 4) is 0 Å². The number of hydrogen-bond donors (Lipinski definition) is 5. The minimum atomic E-state index is -1.12. The molecule has 0 aliphatic carbocycles. The highest BCUT2D eigenvalue weighted by molar-refractivity contribution is 5.93. The summed E-state index contributed by atoms with van der Waals surface area (Å²) in [7, 11) is 0. The molecule has 6 N–H and O–H groups in total. The first-order chi connectivity index (χ1) is 13.5. The van der Waals surface area contributed by atoms with Crippen LogP contribution in [0.1, 0.15) is 60.8 Å². The van der Waals surface area contributed by atoms with Crippen molar-refractivity contribution in [2.45, 2.75) is 78.9 Å². The standard InChI is InChI=1S/C20H38N4O5/c1-7-12(5)16(19(27)24-17(20(28)29)13(6)8-2)23-18(26)14(9-11(3)4)22-15(25)10-21/h11-14,16-17H,7-10,21H2,1-6H3,(H,22,25)(H,23,26)(H,24,27)(H,28,29). The first-order valence-corrected chi connectivity index (χ1v) is 10.3. The van der Waals surface area contributed by atoms with E-state index in [1.54, 1.807) is 13.8 Å².